The highest BCUT2D eigenvalue weighted by molar-refractivity contribution is 8.93. The molecule has 3 rings (SSSR count). The monoisotopic (exact) mass is 324 g/mol. The molecule has 1 aromatic carbocycles. The van der Waals surface area contributed by atoms with Gasteiger partial charge in [0.25, 0.3) is 0 Å². The first-order valence-corrected chi connectivity index (χ1v) is 6.25. The van der Waals surface area contributed by atoms with E-state index in [1.807, 2.05) is 22.8 Å². The summed E-state index contributed by atoms with van der Waals surface area (Å²) in [6.45, 7) is 0.788. The first-order chi connectivity index (χ1) is 8.24. The van der Waals surface area contributed by atoms with E-state index in [9.17, 15) is 0 Å². The maximum Gasteiger partial charge on any atom is 0.172 e. The Morgan fingerprint density at radius 2 is 2.06 bits per heavy atom. The number of thioether (sulfide) groups is 1. The summed E-state index contributed by atoms with van der Waals surface area (Å²) in [5.41, 5.74) is 7.35. The van der Waals surface area contributed by atoms with Crippen LogP contribution in [-0.4, -0.2) is 9.55 Å². The van der Waals surface area contributed by atoms with Gasteiger partial charge in [0.2, 0.25) is 0 Å². The van der Waals surface area contributed by atoms with Crippen molar-refractivity contribution in [2.45, 2.75) is 17.0 Å². The SMILES string of the molecule is Br.N=c1cc(N)nc2n1CC(c1ccccc1)S2. The molecular weight excluding hydrogens is 312 g/mol. The number of rotatable bonds is 1. The molecule has 0 saturated carbocycles. The van der Waals surface area contributed by atoms with Gasteiger partial charge in [-0.15, -0.1) is 17.0 Å². The van der Waals surface area contributed by atoms with Crippen molar-refractivity contribution in [2.24, 2.45) is 0 Å². The number of nitrogens with two attached hydrogens (primary N) is 1. The van der Waals surface area contributed by atoms with Gasteiger partial charge >= 0.3 is 0 Å². The predicted octanol–water partition coefficient (Wildman–Crippen LogP) is 2.37. The Morgan fingerprint density at radius 1 is 1.33 bits per heavy atom. The Balaban J connectivity index is 0.00000120. The van der Waals surface area contributed by atoms with E-state index in [-0.39, 0.29) is 17.0 Å². The van der Waals surface area contributed by atoms with Crippen LogP contribution in [0.3, 0.4) is 0 Å². The first-order valence-electron chi connectivity index (χ1n) is 5.37. The van der Waals surface area contributed by atoms with Crippen LogP contribution in [0, 0.1) is 5.41 Å². The minimum atomic E-state index is 0. The van der Waals surface area contributed by atoms with Gasteiger partial charge in [-0.2, -0.15) is 0 Å². The average Bonchev–Trinajstić information content (AvgIpc) is 2.74. The van der Waals surface area contributed by atoms with Gasteiger partial charge in [-0.1, -0.05) is 42.1 Å². The predicted molar refractivity (Wildman–Crippen MR) is 77.9 cm³/mol. The average molecular weight is 325 g/mol. The summed E-state index contributed by atoms with van der Waals surface area (Å²) >= 11 is 1.67. The number of nitrogen functional groups attached to an aromatic ring is 1. The molecule has 0 fully saturated rings. The molecule has 0 saturated heterocycles. The zero-order valence-corrected chi connectivity index (χ0v) is 12.1. The second kappa shape index (κ2) is 5.16. The van der Waals surface area contributed by atoms with Gasteiger partial charge in [-0.3, -0.25) is 5.41 Å². The Kier molecular flexibility index (Phi) is 3.77. The second-order valence-corrected chi connectivity index (χ2v) is 5.15. The lowest BCUT2D eigenvalue weighted by Gasteiger charge is -2.06. The highest BCUT2D eigenvalue weighted by Crippen LogP contribution is 2.40. The summed E-state index contributed by atoms with van der Waals surface area (Å²) in [6, 6.07) is 11.9. The molecule has 0 amide bonds. The van der Waals surface area contributed by atoms with Crippen molar-refractivity contribution in [1.82, 2.24) is 9.55 Å². The van der Waals surface area contributed by atoms with Crippen molar-refractivity contribution < 1.29 is 0 Å². The molecule has 6 heteroatoms. The zero-order valence-electron chi connectivity index (χ0n) is 9.54. The molecule has 4 nitrogen and oxygen atoms in total. The maximum atomic E-state index is 7.87. The van der Waals surface area contributed by atoms with Crippen LogP contribution in [0.5, 0.6) is 0 Å². The number of nitrogens with zero attached hydrogens (tertiary/aromatic N) is 2. The Hall–Kier alpha value is -1.27. The fourth-order valence-electron chi connectivity index (χ4n) is 1.96. The third-order valence-corrected chi connectivity index (χ3v) is 4.03. The molecule has 1 aliphatic rings. The third-order valence-electron chi connectivity index (χ3n) is 2.80. The van der Waals surface area contributed by atoms with E-state index in [2.05, 4.69) is 17.1 Å². The maximum absolute atomic E-state index is 7.87. The molecule has 0 radical (unpaired) electrons. The van der Waals surface area contributed by atoms with Crippen molar-refractivity contribution in [3.05, 3.63) is 47.4 Å². The normalized spacial score (nSPS) is 17.0. The number of hydrogen-bond donors (Lipinski definition) is 2. The minimum Gasteiger partial charge on any atom is -0.383 e. The van der Waals surface area contributed by atoms with Gasteiger partial charge in [0.1, 0.15) is 11.3 Å². The Bertz CT molecular complexity index is 611. The van der Waals surface area contributed by atoms with Gasteiger partial charge in [-0.25, -0.2) is 4.98 Å². The second-order valence-electron chi connectivity index (χ2n) is 3.98. The van der Waals surface area contributed by atoms with Crippen molar-refractivity contribution in [2.75, 3.05) is 5.73 Å². The summed E-state index contributed by atoms with van der Waals surface area (Å²) in [5.74, 6) is 0.419. The molecule has 3 N–H and O–H groups in total. The van der Waals surface area contributed by atoms with Crippen LogP contribution in [0.1, 0.15) is 10.8 Å². The van der Waals surface area contributed by atoms with E-state index >= 15 is 0 Å². The van der Waals surface area contributed by atoms with Crippen molar-refractivity contribution in [3.8, 4) is 0 Å². The summed E-state index contributed by atoms with van der Waals surface area (Å²) in [5, 5.41) is 9.04. The van der Waals surface area contributed by atoms with Crippen molar-refractivity contribution in [1.29, 1.82) is 5.41 Å². The van der Waals surface area contributed by atoms with Crippen LogP contribution in [0.2, 0.25) is 0 Å². The lowest BCUT2D eigenvalue weighted by Crippen LogP contribution is -2.20. The highest BCUT2D eigenvalue weighted by Gasteiger charge is 2.24. The number of nitrogens with one attached hydrogen (secondary N) is 1. The van der Waals surface area contributed by atoms with E-state index < -0.39 is 0 Å². The number of hydrogen-bond acceptors (Lipinski definition) is 4. The molecule has 1 aliphatic heterocycles. The third kappa shape index (κ3) is 2.30. The fourth-order valence-corrected chi connectivity index (χ4v) is 3.19. The standard InChI is InChI=1S/C12H12N4S.BrH/c13-10-6-11(14)16-7-9(17-12(16)15-10)8-4-2-1-3-5-8;/h1-6,9,14H,7,13H2;1H. The number of aromatic nitrogens is 2. The summed E-state index contributed by atoms with van der Waals surface area (Å²) in [7, 11) is 0. The molecule has 1 aromatic heterocycles. The lowest BCUT2D eigenvalue weighted by atomic mass is 10.1. The first kappa shape index (κ1) is 13.2. The molecule has 0 spiro atoms. The zero-order chi connectivity index (χ0) is 11.8. The molecule has 1 unspecified atom stereocenters. The van der Waals surface area contributed by atoms with Crippen LogP contribution in [0.15, 0.2) is 41.6 Å². The Labute approximate surface area is 120 Å². The van der Waals surface area contributed by atoms with Crippen LogP contribution < -0.4 is 11.2 Å². The van der Waals surface area contributed by atoms with E-state index in [1.54, 1.807) is 17.8 Å². The summed E-state index contributed by atoms with van der Waals surface area (Å²) < 4.78 is 1.90. The molecule has 18 heavy (non-hydrogen) atoms. The molecule has 0 aliphatic carbocycles. The number of anilines is 1. The number of fused-ring (bicyclic) bond motifs is 1. The number of benzene rings is 1. The molecule has 1 atom stereocenters. The highest BCUT2D eigenvalue weighted by atomic mass is 79.9. The van der Waals surface area contributed by atoms with Crippen LogP contribution in [0.25, 0.3) is 0 Å². The van der Waals surface area contributed by atoms with E-state index in [4.69, 9.17) is 11.1 Å². The van der Waals surface area contributed by atoms with Gasteiger partial charge in [-0.05, 0) is 5.56 Å². The van der Waals surface area contributed by atoms with Crippen molar-refractivity contribution in [3.63, 3.8) is 0 Å². The van der Waals surface area contributed by atoms with E-state index in [1.165, 1.54) is 5.56 Å². The van der Waals surface area contributed by atoms with Gasteiger partial charge < -0.3 is 10.3 Å². The van der Waals surface area contributed by atoms with Crippen LogP contribution in [-0.2, 0) is 6.54 Å². The van der Waals surface area contributed by atoms with Gasteiger partial charge in [0.05, 0.1) is 5.25 Å². The molecule has 2 aromatic rings. The quantitative estimate of drug-likeness (QED) is 0.791. The molecule has 0 bridgehead atoms. The van der Waals surface area contributed by atoms with Crippen LogP contribution in [0.4, 0.5) is 5.82 Å². The van der Waals surface area contributed by atoms with Crippen molar-refractivity contribution >= 4 is 34.6 Å². The largest absolute Gasteiger partial charge is 0.383 e. The molecule has 94 valence electrons. The minimum absolute atomic E-state index is 0. The smallest absolute Gasteiger partial charge is 0.172 e. The van der Waals surface area contributed by atoms with Gasteiger partial charge in [0.15, 0.2) is 5.16 Å². The number of halogens is 1. The Morgan fingerprint density at radius 3 is 2.78 bits per heavy atom. The topological polar surface area (TPSA) is 67.7 Å². The van der Waals surface area contributed by atoms with Gasteiger partial charge in [0, 0.05) is 12.6 Å². The summed E-state index contributed by atoms with van der Waals surface area (Å²) in [6.07, 6.45) is 0. The van der Waals surface area contributed by atoms with E-state index in [0.717, 1.165) is 11.7 Å². The summed E-state index contributed by atoms with van der Waals surface area (Å²) in [4.78, 5) is 4.27. The van der Waals surface area contributed by atoms with Crippen LogP contribution >= 0.6 is 28.7 Å². The fraction of sp³-hybridized carbons (Fsp3) is 0.167. The molecular formula is C12H13BrN4S. The van der Waals surface area contributed by atoms with E-state index in [0.29, 0.717) is 16.6 Å². The lowest BCUT2D eigenvalue weighted by molar-refractivity contribution is 0.599. The molecule has 2 heterocycles.